The monoisotopic (exact) mass is 194 g/mol. The van der Waals surface area contributed by atoms with E-state index >= 15 is 0 Å². The number of nitrogens with zero attached hydrogens (tertiary/aromatic N) is 2. The van der Waals surface area contributed by atoms with Gasteiger partial charge in [0.25, 0.3) is 0 Å². The Hall–Kier alpha value is -1.16. The van der Waals surface area contributed by atoms with E-state index in [-0.39, 0.29) is 0 Å². The van der Waals surface area contributed by atoms with Crippen molar-refractivity contribution in [2.24, 2.45) is 0 Å². The molecule has 0 aliphatic rings. The highest BCUT2D eigenvalue weighted by molar-refractivity contribution is 7.13. The molecule has 2 aromatic rings. The molecule has 2 aromatic heterocycles. The van der Waals surface area contributed by atoms with E-state index in [1.165, 1.54) is 6.39 Å². The van der Waals surface area contributed by atoms with Gasteiger partial charge >= 0.3 is 0 Å². The van der Waals surface area contributed by atoms with Crippen LogP contribution in [0.1, 0.15) is 18.3 Å². The molecule has 68 valence electrons. The van der Waals surface area contributed by atoms with Crippen LogP contribution in [-0.4, -0.2) is 9.97 Å². The molecule has 13 heavy (non-hydrogen) atoms. The first-order valence-corrected chi connectivity index (χ1v) is 5.03. The molecule has 0 aliphatic heterocycles. The Kier molecular flexibility index (Phi) is 2.14. The van der Waals surface area contributed by atoms with E-state index in [9.17, 15) is 0 Å². The minimum absolute atomic E-state index is 0.877. The molecular formula is C9H10N2OS. The van der Waals surface area contributed by atoms with Crippen LogP contribution in [0, 0.1) is 6.92 Å². The molecule has 0 N–H and O–H groups in total. The maximum atomic E-state index is 5.34. The Morgan fingerprint density at radius 1 is 1.46 bits per heavy atom. The van der Waals surface area contributed by atoms with Gasteiger partial charge in [0.05, 0.1) is 21.8 Å². The molecule has 4 heteroatoms. The fourth-order valence-corrected chi connectivity index (χ4v) is 2.04. The fourth-order valence-electron chi connectivity index (χ4n) is 1.23. The number of oxazole rings is 1. The second-order valence-corrected chi connectivity index (χ2v) is 3.60. The first-order valence-electron chi connectivity index (χ1n) is 4.15. The summed E-state index contributed by atoms with van der Waals surface area (Å²) in [5.74, 6) is 0.877. The fraction of sp³-hybridized carbons (Fsp3) is 0.333. The van der Waals surface area contributed by atoms with Crippen molar-refractivity contribution in [2.75, 3.05) is 0 Å². The van der Waals surface area contributed by atoms with Crippen LogP contribution in [0.25, 0.3) is 10.6 Å². The Bertz CT molecular complexity index is 405. The summed E-state index contributed by atoms with van der Waals surface area (Å²) in [5, 5.41) is 0. The van der Waals surface area contributed by atoms with Crippen molar-refractivity contribution >= 4 is 11.3 Å². The predicted octanol–water partition coefficient (Wildman–Crippen LogP) is 2.67. The van der Waals surface area contributed by atoms with Crippen LogP contribution in [-0.2, 0) is 6.42 Å². The predicted molar refractivity (Wildman–Crippen MR) is 51.7 cm³/mol. The van der Waals surface area contributed by atoms with Crippen molar-refractivity contribution in [3.05, 3.63) is 23.3 Å². The zero-order valence-electron chi connectivity index (χ0n) is 7.57. The van der Waals surface area contributed by atoms with Gasteiger partial charge < -0.3 is 4.42 Å². The molecule has 0 bridgehead atoms. The standard InChI is InChI=1S/C9H10N2OS/c1-3-7-8(12-4-10-7)9-6(2)11-5-13-9/h4-5H,3H2,1-2H3. The molecule has 0 saturated heterocycles. The van der Waals surface area contributed by atoms with Crippen molar-refractivity contribution in [1.29, 1.82) is 0 Å². The summed E-state index contributed by atoms with van der Waals surface area (Å²) in [6.45, 7) is 4.05. The lowest BCUT2D eigenvalue weighted by Crippen LogP contribution is -1.83. The molecule has 0 unspecified atom stereocenters. The summed E-state index contributed by atoms with van der Waals surface area (Å²) in [5.41, 5.74) is 3.84. The summed E-state index contributed by atoms with van der Waals surface area (Å²) in [6, 6.07) is 0. The van der Waals surface area contributed by atoms with Crippen LogP contribution in [0.4, 0.5) is 0 Å². The Labute approximate surface area is 80.5 Å². The average molecular weight is 194 g/mol. The van der Waals surface area contributed by atoms with Gasteiger partial charge in [0.2, 0.25) is 0 Å². The first-order chi connectivity index (χ1) is 6.33. The molecular weight excluding hydrogens is 184 g/mol. The summed E-state index contributed by atoms with van der Waals surface area (Å²) in [7, 11) is 0. The van der Waals surface area contributed by atoms with Crippen molar-refractivity contribution in [1.82, 2.24) is 9.97 Å². The van der Waals surface area contributed by atoms with Gasteiger partial charge in [-0.05, 0) is 13.3 Å². The van der Waals surface area contributed by atoms with Gasteiger partial charge in [0.1, 0.15) is 0 Å². The van der Waals surface area contributed by atoms with Crippen LogP contribution >= 0.6 is 11.3 Å². The minimum atomic E-state index is 0.877. The topological polar surface area (TPSA) is 38.9 Å². The van der Waals surface area contributed by atoms with Gasteiger partial charge in [-0.1, -0.05) is 6.92 Å². The maximum Gasteiger partial charge on any atom is 0.181 e. The summed E-state index contributed by atoms with van der Waals surface area (Å²) < 4.78 is 5.34. The van der Waals surface area contributed by atoms with E-state index in [2.05, 4.69) is 16.9 Å². The van der Waals surface area contributed by atoms with Crippen molar-refractivity contribution in [2.45, 2.75) is 20.3 Å². The molecule has 0 saturated carbocycles. The van der Waals surface area contributed by atoms with Crippen molar-refractivity contribution in [3.8, 4) is 10.6 Å². The lowest BCUT2D eigenvalue weighted by atomic mass is 10.2. The SMILES string of the molecule is CCc1ncoc1-c1scnc1C. The smallest absolute Gasteiger partial charge is 0.181 e. The Morgan fingerprint density at radius 3 is 2.92 bits per heavy atom. The molecule has 0 aliphatic carbocycles. The van der Waals surface area contributed by atoms with E-state index in [0.29, 0.717) is 0 Å². The molecule has 0 aromatic carbocycles. The summed E-state index contributed by atoms with van der Waals surface area (Å²) in [4.78, 5) is 9.41. The van der Waals surface area contributed by atoms with E-state index in [0.717, 1.165) is 28.4 Å². The number of rotatable bonds is 2. The molecule has 0 radical (unpaired) electrons. The van der Waals surface area contributed by atoms with Gasteiger partial charge in [-0.3, -0.25) is 0 Å². The minimum Gasteiger partial charge on any atom is -0.442 e. The highest BCUT2D eigenvalue weighted by atomic mass is 32.1. The first kappa shape index (κ1) is 8.44. The molecule has 0 fully saturated rings. The Balaban J connectivity index is 2.52. The van der Waals surface area contributed by atoms with Crippen LogP contribution < -0.4 is 0 Å². The van der Waals surface area contributed by atoms with Gasteiger partial charge in [-0.25, -0.2) is 9.97 Å². The number of hydrogen-bond acceptors (Lipinski definition) is 4. The molecule has 0 atom stereocenters. The van der Waals surface area contributed by atoms with Crippen molar-refractivity contribution < 1.29 is 4.42 Å². The van der Waals surface area contributed by atoms with Crippen LogP contribution in [0.2, 0.25) is 0 Å². The zero-order chi connectivity index (χ0) is 9.26. The van der Waals surface area contributed by atoms with E-state index in [1.807, 2.05) is 12.4 Å². The third-order valence-electron chi connectivity index (χ3n) is 1.93. The van der Waals surface area contributed by atoms with Crippen LogP contribution in [0.15, 0.2) is 16.3 Å². The lowest BCUT2D eigenvalue weighted by molar-refractivity contribution is 0.572. The third-order valence-corrected chi connectivity index (χ3v) is 2.86. The van der Waals surface area contributed by atoms with Crippen LogP contribution in [0.5, 0.6) is 0 Å². The zero-order valence-corrected chi connectivity index (χ0v) is 8.39. The summed E-state index contributed by atoms with van der Waals surface area (Å²) >= 11 is 1.59. The lowest BCUT2D eigenvalue weighted by Gasteiger charge is -1.94. The molecule has 3 nitrogen and oxygen atoms in total. The molecule has 0 spiro atoms. The number of aryl methyl sites for hydroxylation is 2. The van der Waals surface area contributed by atoms with E-state index in [1.54, 1.807) is 11.3 Å². The van der Waals surface area contributed by atoms with Crippen LogP contribution in [0.3, 0.4) is 0 Å². The van der Waals surface area contributed by atoms with Gasteiger partial charge in [-0.2, -0.15) is 0 Å². The highest BCUT2D eigenvalue weighted by Crippen LogP contribution is 2.29. The van der Waals surface area contributed by atoms with E-state index < -0.39 is 0 Å². The largest absolute Gasteiger partial charge is 0.442 e. The summed E-state index contributed by atoms with van der Waals surface area (Å²) in [6.07, 6.45) is 2.39. The highest BCUT2D eigenvalue weighted by Gasteiger charge is 2.13. The number of thiazole rings is 1. The third kappa shape index (κ3) is 1.37. The normalized spacial score (nSPS) is 10.6. The van der Waals surface area contributed by atoms with Gasteiger partial charge in [-0.15, -0.1) is 11.3 Å². The number of hydrogen-bond donors (Lipinski definition) is 0. The molecule has 2 rings (SSSR count). The maximum absolute atomic E-state index is 5.34. The molecule has 2 heterocycles. The Morgan fingerprint density at radius 2 is 2.31 bits per heavy atom. The van der Waals surface area contributed by atoms with Crippen molar-refractivity contribution in [3.63, 3.8) is 0 Å². The second kappa shape index (κ2) is 3.30. The molecule has 0 amide bonds. The number of aromatic nitrogens is 2. The second-order valence-electron chi connectivity index (χ2n) is 2.75. The van der Waals surface area contributed by atoms with E-state index in [4.69, 9.17) is 4.42 Å². The quantitative estimate of drug-likeness (QED) is 0.737. The van der Waals surface area contributed by atoms with Gasteiger partial charge in [0.15, 0.2) is 12.2 Å². The average Bonchev–Trinajstić information content (AvgIpc) is 2.71. The van der Waals surface area contributed by atoms with Gasteiger partial charge in [0, 0.05) is 0 Å².